The summed E-state index contributed by atoms with van der Waals surface area (Å²) in [5.74, 6) is 1.04. The molecule has 0 saturated heterocycles. The quantitative estimate of drug-likeness (QED) is 0.444. The maximum Gasteiger partial charge on any atom is 0.336 e. The van der Waals surface area contributed by atoms with Gasteiger partial charge in [0.1, 0.15) is 0 Å². The number of halogens is 1. The minimum Gasteiger partial charge on any atom is -0.493 e. The maximum atomic E-state index is 13.6. The number of benzene rings is 3. The standard InChI is InChI=1S/C24H21ClN2O5/c1-30-20-12-17(13-21(31-2)22(20)32-3)27-23(28)18-9-4-5-10-19(18)26(24(27)29)14-15-7-6-8-16(25)11-15/h4-13H,14H2,1-3H3. The average Bonchev–Trinajstić information content (AvgIpc) is 2.81. The largest absolute Gasteiger partial charge is 0.493 e. The van der Waals surface area contributed by atoms with Crippen LogP contribution in [0.3, 0.4) is 0 Å². The molecule has 0 aliphatic carbocycles. The summed E-state index contributed by atoms with van der Waals surface area (Å²) < 4.78 is 18.8. The summed E-state index contributed by atoms with van der Waals surface area (Å²) >= 11 is 6.13. The molecular formula is C24H21ClN2O5. The minimum absolute atomic E-state index is 0.241. The van der Waals surface area contributed by atoms with Gasteiger partial charge in [0.25, 0.3) is 5.56 Å². The summed E-state index contributed by atoms with van der Waals surface area (Å²) in [6.07, 6.45) is 0. The third-order valence-electron chi connectivity index (χ3n) is 5.19. The van der Waals surface area contributed by atoms with Crippen molar-refractivity contribution in [1.82, 2.24) is 9.13 Å². The molecule has 0 aliphatic rings. The van der Waals surface area contributed by atoms with Crippen molar-refractivity contribution in [3.05, 3.63) is 92.1 Å². The Labute approximate surface area is 189 Å². The second kappa shape index (κ2) is 8.80. The van der Waals surface area contributed by atoms with Gasteiger partial charge in [-0.15, -0.1) is 0 Å². The Morgan fingerprint density at radius 3 is 2.16 bits per heavy atom. The van der Waals surface area contributed by atoms with Gasteiger partial charge in [0.15, 0.2) is 11.5 Å². The van der Waals surface area contributed by atoms with Crippen molar-refractivity contribution in [2.75, 3.05) is 21.3 Å². The van der Waals surface area contributed by atoms with Gasteiger partial charge in [0.2, 0.25) is 5.75 Å². The zero-order chi connectivity index (χ0) is 22.8. The van der Waals surface area contributed by atoms with E-state index in [1.54, 1.807) is 53.1 Å². The number of methoxy groups -OCH3 is 3. The zero-order valence-electron chi connectivity index (χ0n) is 17.8. The molecule has 4 aromatic rings. The Morgan fingerprint density at radius 2 is 1.53 bits per heavy atom. The first-order chi connectivity index (χ1) is 15.5. The third-order valence-corrected chi connectivity index (χ3v) is 5.42. The highest BCUT2D eigenvalue weighted by Gasteiger charge is 2.19. The molecule has 8 heteroatoms. The average molecular weight is 453 g/mol. The van der Waals surface area contributed by atoms with E-state index in [4.69, 9.17) is 25.8 Å². The number of rotatable bonds is 6. The van der Waals surface area contributed by atoms with Crippen molar-refractivity contribution in [1.29, 1.82) is 0 Å². The van der Waals surface area contributed by atoms with Gasteiger partial charge >= 0.3 is 5.69 Å². The molecule has 0 saturated carbocycles. The molecular weight excluding hydrogens is 432 g/mol. The van der Waals surface area contributed by atoms with Crippen LogP contribution >= 0.6 is 11.6 Å². The smallest absolute Gasteiger partial charge is 0.336 e. The van der Waals surface area contributed by atoms with Crippen LogP contribution in [0.1, 0.15) is 5.56 Å². The highest BCUT2D eigenvalue weighted by atomic mass is 35.5. The second-order valence-corrected chi connectivity index (χ2v) is 7.48. The number of para-hydroxylation sites is 1. The third kappa shape index (κ3) is 3.71. The second-order valence-electron chi connectivity index (χ2n) is 7.04. The molecule has 0 unspecified atom stereocenters. The highest BCUT2D eigenvalue weighted by Crippen LogP contribution is 2.38. The fourth-order valence-corrected chi connectivity index (χ4v) is 3.93. The number of aromatic nitrogens is 2. The molecule has 0 N–H and O–H groups in total. The van der Waals surface area contributed by atoms with Crippen LogP contribution in [0.25, 0.3) is 16.6 Å². The Balaban J connectivity index is 2.03. The molecule has 0 aliphatic heterocycles. The topological polar surface area (TPSA) is 71.7 Å². The van der Waals surface area contributed by atoms with Crippen molar-refractivity contribution in [2.24, 2.45) is 0 Å². The van der Waals surface area contributed by atoms with E-state index in [-0.39, 0.29) is 6.54 Å². The van der Waals surface area contributed by atoms with E-state index >= 15 is 0 Å². The van der Waals surface area contributed by atoms with E-state index in [0.717, 1.165) is 10.1 Å². The van der Waals surface area contributed by atoms with Crippen LogP contribution in [0.4, 0.5) is 0 Å². The van der Waals surface area contributed by atoms with Crippen LogP contribution in [0.2, 0.25) is 5.02 Å². The van der Waals surface area contributed by atoms with Gasteiger partial charge in [0.05, 0.1) is 44.5 Å². The lowest BCUT2D eigenvalue weighted by atomic mass is 10.2. The Hall–Kier alpha value is -3.71. The van der Waals surface area contributed by atoms with Crippen molar-refractivity contribution >= 4 is 22.5 Å². The van der Waals surface area contributed by atoms with Crippen molar-refractivity contribution in [2.45, 2.75) is 6.54 Å². The molecule has 1 heterocycles. The number of fused-ring (bicyclic) bond motifs is 1. The van der Waals surface area contributed by atoms with E-state index < -0.39 is 11.2 Å². The van der Waals surface area contributed by atoms with E-state index in [2.05, 4.69) is 0 Å². The molecule has 0 fully saturated rings. The van der Waals surface area contributed by atoms with Gasteiger partial charge in [-0.25, -0.2) is 9.36 Å². The Kier molecular flexibility index (Phi) is 5.92. The van der Waals surface area contributed by atoms with Crippen molar-refractivity contribution in [3.63, 3.8) is 0 Å². The lowest BCUT2D eigenvalue weighted by Crippen LogP contribution is -2.39. The summed E-state index contributed by atoms with van der Waals surface area (Å²) in [5.41, 5.74) is 0.733. The molecule has 32 heavy (non-hydrogen) atoms. The summed E-state index contributed by atoms with van der Waals surface area (Å²) in [6, 6.07) is 17.4. The normalized spacial score (nSPS) is 10.9. The lowest BCUT2D eigenvalue weighted by molar-refractivity contribution is 0.324. The molecule has 0 spiro atoms. The zero-order valence-corrected chi connectivity index (χ0v) is 18.6. The fraction of sp³-hybridized carbons (Fsp3) is 0.167. The van der Waals surface area contributed by atoms with Crippen LogP contribution in [-0.4, -0.2) is 30.5 Å². The van der Waals surface area contributed by atoms with Gasteiger partial charge in [-0.1, -0.05) is 35.9 Å². The summed E-state index contributed by atoms with van der Waals surface area (Å²) in [4.78, 5) is 27.0. The first-order valence-corrected chi connectivity index (χ1v) is 10.2. The molecule has 164 valence electrons. The van der Waals surface area contributed by atoms with Gasteiger partial charge < -0.3 is 14.2 Å². The van der Waals surface area contributed by atoms with Crippen LogP contribution in [0, 0.1) is 0 Å². The van der Waals surface area contributed by atoms with Gasteiger partial charge in [-0.05, 0) is 29.8 Å². The van der Waals surface area contributed by atoms with E-state index in [0.29, 0.717) is 38.9 Å². The first-order valence-electron chi connectivity index (χ1n) is 9.78. The molecule has 0 radical (unpaired) electrons. The number of nitrogens with zero attached hydrogens (tertiary/aromatic N) is 2. The Morgan fingerprint density at radius 1 is 0.844 bits per heavy atom. The Bertz CT molecular complexity index is 1400. The summed E-state index contributed by atoms with van der Waals surface area (Å²) in [6.45, 7) is 0.241. The number of ether oxygens (including phenoxy) is 3. The lowest BCUT2D eigenvalue weighted by Gasteiger charge is -2.17. The molecule has 0 amide bonds. The molecule has 4 rings (SSSR count). The highest BCUT2D eigenvalue weighted by molar-refractivity contribution is 6.30. The predicted molar refractivity (Wildman–Crippen MR) is 124 cm³/mol. The molecule has 7 nitrogen and oxygen atoms in total. The van der Waals surface area contributed by atoms with Crippen LogP contribution in [-0.2, 0) is 6.54 Å². The van der Waals surface area contributed by atoms with Gasteiger partial charge in [-0.2, -0.15) is 0 Å². The molecule has 3 aromatic carbocycles. The molecule has 0 atom stereocenters. The van der Waals surface area contributed by atoms with Crippen LogP contribution in [0.5, 0.6) is 17.2 Å². The predicted octanol–water partition coefficient (Wildman–Crippen LogP) is 3.88. The van der Waals surface area contributed by atoms with E-state index in [9.17, 15) is 9.59 Å². The first kappa shape index (κ1) is 21.5. The monoisotopic (exact) mass is 452 g/mol. The molecule has 1 aromatic heterocycles. The SMILES string of the molecule is COc1cc(-n2c(=O)c3ccccc3n(Cc3cccc(Cl)c3)c2=O)cc(OC)c1OC. The maximum absolute atomic E-state index is 13.6. The van der Waals surface area contributed by atoms with Gasteiger partial charge in [-0.3, -0.25) is 9.36 Å². The molecule has 0 bridgehead atoms. The minimum atomic E-state index is -0.497. The van der Waals surface area contributed by atoms with E-state index in [1.807, 2.05) is 12.1 Å². The van der Waals surface area contributed by atoms with Crippen molar-refractivity contribution < 1.29 is 14.2 Å². The number of hydrogen-bond donors (Lipinski definition) is 0. The van der Waals surface area contributed by atoms with Crippen LogP contribution in [0.15, 0.2) is 70.3 Å². The van der Waals surface area contributed by atoms with E-state index in [1.165, 1.54) is 21.3 Å². The van der Waals surface area contributed by atoms with Crippen molar-refractivity contribution in [3.8, 4) is 22.9 Å². The fourth-order valence-electron chi connectivity index (χ4n) is 3.72. The summed E-state index contributed by atoms with van der Waals surface area (Å²) in [7, 11) is 4.43. The van der Waals surface area contributed by atoms with Gasteiger partial charge in [0, 0.05) is 17.2 Å². The summed E-state index contributed by atoms with van der Waals surface area (Å²) in [5, 5.41) is 0.973. The van der Waals surface area contributed by atoms with Crippen LogP contribution < -0.4 is 25.5 Å². The number of hydrogen-bond acceptors (Lipinski definition) is 5.